The molecule has 0 bridgehead atoms. The summed E-state index contributed by atoms with van der Waals surface area (Å²) in [6.45, 7) is 3.66. The van der Waals surface area contributed by atoms with Crippen LogP contribution >= 0.6 is 0 Å². The van der Waals surface area contributed by atoms with Crippen LogP contribution in [0, 0.1) is 5.92 Å². The highest BCUT2D eigenvalue weighted by atomic mass is 16.5. The molecule has 0 radical (unpaired) electrons. The monoisotopic (exact) mass is 374 g/mol. The fraction of sp³-hybridized carbons (Fsp3) is 0.619. The van der Waals surface area contributed by atoms with Crippen LogP contribution in [0.25, 0.3) is 0 Å². The molecular weight excluding hydrogens is 344 g/mol. The van der Waals surface area contributed by atoms with Crippen LogP contribution in [0.15, 0.2) is 30.3 Å². The van der Waals surface area contributed by atoms with Crippen LogP contribution in [-0.2, 0) is 25.5 Å². The zero-order valence-electron chi connectivity index (χ0n) is 16.1. The largest absolute Gasteiger partial charge is 0.385 e. The molecule has 0 spiro atoms. The predicted octanol–water partition coefficient (Wildman–Crippen LogP) is 1.73. The van der Waals surface area contributed by atoms with Gasteiger partial charge in [-0.2, -0.15) is 0 Å². The molecule has 6 heteroatoms. The summed E-state index contributed by atoms with van der Waals surface area (Å²) in [4.78, 5) is 29.6. The summed E-state index contributed by atoms with van der Waals surface area (Å²) in [5.74, 6) is 0.162. The number of nitrogens with zero attached hydrogens (tertiary/aromatic N) is 2. The topological polar surface area (TPSA) is 59.1 Å². The zero-order chi connectivity index (χ0) is 19.1. The van der Waals surface area contributed by atoms with Crippen LogP contribution in [0.4, 0.5) is 0 Å². The summed E-state index contributed by atoms with van der Waals surface area (Å²) in [6.07, 6.45) is 2.91. The highest BCUT2D eigenvalue weighted by molar-refractivity contribution is 5.82. The molecule has 0 aromatic heterocycles. The summed E-state index contributed by atoms with van der Waals surface area (Å²) >= 11 is 0. The Morgan fingerprint density at radius 1 is 1.22 bits per heavy atom. The van der Waals surface area contributed by atoms with Crippen LogP contribution in [0.5, 0.6) is 0 Å². The number of hydrogen-bond acceptors (Lipinski definition) is 4. The minimum Gasteiger partial charge on any atom is -0.385 e. The third kappa shape index (κ3) is 5.30. The number of hydrogen-bond donors (Lipinski definition) is 0. The first-order valence-electron chi connectivity index (χ1n) is 9.88. The van der Waals surface area contributed by atoms with Gasteiger partial charge in [-0.15, -0.1) is 0 Å². The van der Waals surface area contributed by atoms with Gasteiger partial charge >= 0.3 is 0 Å². The molecule has 2 unspecified atom stereocenters. The summed E-state index contributed by atoms with van der Waals surface area (Å²) < 4.78 is 10.7. The maximum Gasteiger partial charge on any atom is 0.227 e. The number of ether oxygens (including phenoxy) is 2. The zero-order valence-corrected chi connectivity index (χ0v) is 16.1. The van der Waals surface area contributed by atoms with Gasteiger partial charge in [0, 0.05) is 33.4 Å². The molecule has 2 amide bonds. The Kier molecular flexibility index (Phi) is 7.24. The molecule has 2 aliphatic heterocycles. The van der Waals surface area contributed by atoms with Crippen LogP contribution < -0.4 is 0 Å². The summed E-state index contributed by atoms with van der Waals surface area (Å²) in [5, 5.41) is 0. The molecule has 2 atom stereocenters. The minimum atomic E-state index is -0.110. The molecule has 2 fully saturated rings. The Morgan fingerprint density at radius 3 is 2.81 bits per heavy atom. The van der Waals surface area contributed by atoms with Crippen molar-refractivity contribution < 1.29 is 19.1 Å². The van der Waals surface area contributed by atoms with Crippen molar-refractivity contribution in [1.82, 2.24) is 9.80 Å². The van der Waals surface area contributed by atoms with Gasteiger partial charge in [0.25, 0.3) is 0 Å². The molecule has 27 heavy (non-hydrogen) atoms. The molecule has 1 aromatic carbocycles. The maximum atomic E-state index is 13.1. The number of benzene rings is 1. The predicted molar refractivity (Wildman–Crippen MR) is 102 cm³/mol. The average Bonchev–Trinajstić information content (AvgIpc) is 2.72. The molecule has 3 rings (SSSR count). The van der Waals surface area contributed by atoms with Gasteiger partial charge in [0.15, 0.2) is 0 Å². The highest BCUT2D eigenvalue weighted by Gasteiger charge is 2.35. The Hall–Kier alpha value is -1.92. The number of rotatable bonds is 6. The van der Waals surface area contributed by atoms with Gasteiger partial charge in [-0.05, 0) is 24.8 Å². The van der Waals surface area contributed by atoms with Crippen molar-refractivity contribution in [2.45, 2.75) is 31.7 Å². The van der Waals surface area contributed by atoms with Crippen LogP contribution in [0.2, 0.25) is 0 Å². The van der Waals surface area contributed by atoms with Crippen molar-refractivity contribution >= 4 is 11.8 Å². The standard InChI is InChI=1S/C21H30N2O4/c1-26-12-9-19-16-27-13-11-23(19)21(25)18-8-5-10-22(15-18)20(24)14-17-6-3-2-4-7-17/h2-4,6-7,18-19H,5,8-16H2,1H3. The number of morpholine rings is 1. The van der Waals surface area contributed by atoms with Crippen LogP contribution in [0.3, 0.4) is 0 Å². The number of methoxy groups -OCH3 is 1. The molecular formula is C21H30N2O4. The first kappa shape index (κ1) is 19.8. The second kappa shape index (κ2) is 9.85. The van der Waals surface area contributed by atoms with E-state index >= 15 is 0 Å². The number of likely N-dealkylation sites (tertiary alicyclic amines) is 1. The second-order valence-electron chi connectivity index (χ2n) is 7.38. The Morgan fingerprint density at radius 2 is 2.04 bits per heavy atom. The normalized spacial score (nSPS) is 23.3. The van der Waals surface area contributed by atoms with Gasteiger partial charge in [-0.25, -0.2) is 0 Å². The molecule has 0 aliphatic carbocycles. The molecule has 0 saturated carbocycles. The fourth-order valence-corrected chi connectivity index (χ4v) is 3.96. The van der Waals surface area contributed by atoms with Crippen molar-refractivity contribution in [3.8, 4) is 0 Å². The lowest BCUT2D eigenvalue weighted by Crippen LogP contribution is -2.54. The second-order valence-corrected chi connectivity index (χ2v) is 7.38. The molecule has 148 valence electrons. The minimum absolute atomic E-state index is 0.0709. The lowest BCUT2D eigenvalue weighted by atomic mass is 9.94. The smallest absolute Gasteiger partial charge is 0.227 e. The maximum absolute atomic E-state index is 13.1. The van der Waals surface area contributed by atoms with Gasteiger partial charge in [0.2, 0.25) is 11.8 Å². The quantitative estimate of drug-likeness (QED) is 0.761. The van der Waals surface area contributed by atoms with E-state index in [1.54, 1.807) is 7.11 Å². The molecule has 6 nitrogen and oxygen atoms in total. The number of amides is 2. The van der Waals surface area contributed by atoms with Gasteiger partial charge in [0.1, 0.15) is 0 Å². The third-order valence-electron chi connectivity index (χ3n) is 5.49. The van der Waals surface area contributed by atoms with Crippen LogP contribution in [0.1, 0.15) is 24.8 Å². The molecule has 0 N–H and O–H groups in total. The summed E-state index contributed by atoms with van der Waals surface area (Å²) in [5.41, 5.74) is 1.02. The van der Waals surface area contributed by atoms with Crippen molar-refractivity contribution in [2.24, 2.45) is 5.92 Å². The van der Waals surface area contributed by atoms with Crippen LogP contribution in [-0.4, -0.2) is 74.2 Å². The van der Waals surface area contributed by atoms with E-state index in [1.807, 2.05) is 40.1 Å². The number of piperidine rings is 1. The number of carbonyl (C=O) groups excluding carboxylic acids is 2. The van der Waals surface area contributed by atoms with E-state index in [4.69, 9.17) is 9.47 Å². The average molecular weight is 374 g/mol. The Labute approximate surface area is 161 Å². The first-order valence-corrected chi connectivity index (χ1v) is 9.88. The van der Waals surface area contributed by atoms with E-state index in [2.05, 4.69) is 0 Å². The van der Waals surface area contributed by atoms with Gasteiger partial charge in [0.05, 0.1) is 31.6 Å². The van der Waals surface area contributed by atoms with Gasteiger partial charge in [-0.3, -0.25) is 9.59 Å². The van der Waals surface area contributed by atoms with Crippen molar-refractivity contribution in [2.75, 3.05) is 46.6 Å². The van der Waals surface area contributed by atoms with E-state index < -0.39 is 0 Å². The van der Waals surface area contributed by atoms with Gasteiger partial charge < -0.3 is 19.3 Å². The Balaban J connectivity index is 1.59. The van der Waals surface area contributed by atoms with E-state index in [-0.39, 0.29) is 23.8 Å². The molecule has 2 saturated heterocycles. The molecule has 2 heterocycles. The molecule has 1 aromatic rings. The lowest BCUT2D eigenvalue weighted by Gasteiger charge is -2.40. The van der Waals surface area contributed by atoms with E-state index in [0.717, 1.165) is 31.4 Å². The third-order valence-corrected chi connectivity index (χ3v) is 5.49. The van der Waals surface area contributed by atoms with Crippen molar-refractivity contribution in [3.05, 3.63) is 35.9 Å². The first-order chi connectivity index (χ1) is 13.2. The summed E-state index contributed by atoms with van der Waals surface area (Å²) in [6, 6.07) is 9.86. The SMILES string of the molecule is COCCC1COCCN1C(=O)C1CCCN(C(=O)Cc2ccccc2)C1. The van der Waals surface area contributed by atoms with E-state index in [9.17, 15) is 9.59 Å². The summed E-state index contributed by atoms with van der Waals surface area (Å²) in [7, 11) is 1.67. The lowest BCUT2D eigenvalue weighted by molar-refractivity contribution is -0.148. The number of carbonyl (C=O) groups is 2. The van der Waals surface area contributed by atoms with Gasteiger partial charge in [-0.1, -0.05) is 30.3 Å². The molecule has 2 aliphatic rings. The van der Waals surface area contributed by atoms with E-state index in [0.29, 0.717) is 39.3 Å². The Bertz CT molecular complexity index is 622. The fourth-order valence-electron chi connectivity index (χ4n) is 3.96. The van der Waals surface area contributed by atoms with E-state index in [1.165, 1.54) is 0 Å². The van der Waals surface area contributed by atoms with Crippen molar-refractivity contribution in [1.29, 1.82) is 0 Å². The highest BCUT2D eigenvalue weighted by Crippen LogP contribution is 2.23. The van der Waals surface area contributed by atoms with Crippen molar-refractivity contribution in [3.63, 3.8) is 0 Å².